The van der Waals surface area contributed by atoms with E-state index in [0.717, 1.165) is 12.3 Å². The van der Waals surface area contributed by atoms with Crippen molar-refractivity contribution in [2.24, 2.45) is 4.99 Å². The lowest BCUT2D eigenvalue weighted by atomic mass is 9.94. The molecule has 0 aliphatic heterocycles. The van der Waals surface area contributed by atoms with Gasteiger partial charge in [0.2, 0.25) is 0 Å². The summed E-state index contributed by atoms with van der Waals surface area (Å²) in [7, 11) is 8.27. The van der Waals surface area contributed by atoms with Crippen molar-refractivity contribution in [2.45, 2.75) is 13.8 Å². The third-order valence-corrected chi connectivity index (χ3v) is 6.80. The summed E-state index contributed by atoms with van der Waals surface area (Å²) in [5, 5.41) is 0. The number of hydrogen-bond donors (Lipinski definition) is 0. The highest BCUT2D eigenvalue weighted by molar-refractivity contribution is 6.07. The van der Waals surface area contributed by atoms with Gasteiger partial charge in [-0.05, 0) is 83.7 Å². The van der Waals surface area contributed by atoms with Crippen LogP contribution in [0.5, 0.6) is 0 Å². The summed E-state index contributed by atoms with van der Waals surface area (Å²) < 4.78 is 0. The van der Waals surface area contributed by atoms with Crippen LogP contribution in [0.3, 0.4) is 0 Å². The molecule has 0 radical (unpaired) electrons. The average Bonchev–Trinajstić information content (AvgIpc) is 2.95. The minimum atomic E-state index is 0.782. The standard InChI is InChI=1S/C36H39N3/c1-7-37-32-21-15-29(16-22-32)36(31-19-25-34(26-20-31)39(5)6)10-8-9-35(28-13-11-27(2)12-14-28)30-17-23-33(24-18-30)38(3)4/h8-26H,7H2,1-6H3. The van der Waals surface area contributed by atoms with Crippen molar-refractivity contribution in [2.75, 3.05) is 44.5 Å². The van der Waals surface area contributed by atoms with Crippen LogP contribution < -0.4 is 9.80 Å². The second kappa shape index (κ2) is 12.9. The molecule has 0 atom stereocenters. The molecule has 0 saturated heterocycles. The Kier molecular flexibility index (Phi) is 9.17. The quantitative estimate of drug-likeness (QED) is 0.283. The highest BCUT2D eigenvalue weighted by Crippen LogP contribution is 2.29. The van der Waals surface area contributed by atoms with Crippen LogP contribution in [0.2, 0.25) is 0 Å². The third-order valence-electron chi connectivity index (χ3n) is 6.80. The van der Waals surface area contributed by atoms with Gasteiger partial charge in [0.05, 0.1) is 5.71 Å². The molecule has 4 rings (SSSR count). The minimum Gasteiger partial charge on any atom is -0.378 e. The minimum absolute atomic E-state index is 0.782. The van der Waals surface area contributed by atoms with Crippen molar-refractivity contribution in [1.82, 2.24) is 0 Å². The Bertz CT molecular complexity index is 1420. The van der Waals surface area contributed by atoms with Crippen LogP contribution >= 0.6 is 0 Å². The van der Waals surface area contributed by atoms with E-state index in [1.54, 1.807) is 0 Å². The molecule has 1 aliphatic carbocycles. The number of allylic oxidation sites excluding steroid dienone is 9. The van der Waals surface area contributed by atoms with Gasteiger partial charge in [-0.2, -0.15) is 0 Å². The van der Waals surface area contributed by atoms with Gasteiger partial charge in [0.15, 0.2) is 0 Å². The highest BCUT2D eigenvalue weighted by Gasteiger charge is 2.09. The van der Waals surface area contributed by atoms with E-state index in [4.69, 9.17) is 0 Å². The number of nitrogens with zero attached hydrogens (tertiary/aromatic N) is 3. The normalized spacial score (nSPS) is 13.2. The summed E-state index contributed by atoms with van der Waals surface area (Å²) in [5.41, 5.74) is 11.7. The zero-order valence-electron chi connectivity index (χ0n) is 24.0. The van der Waals surface area contributed by atoms with Gasteiger partial charge in [-0.15, -0.1) is 0 Å². The monoisotopic (exact) mass is 513 g/mol. The molecule has 0 fully saturated rings. The van der Waals surface area contributed by atoms with Crippen LogP contribution in [-0.2, 0) is 0 Å². The van der Waals surface area contributed by atoms with Gasteiger partial charge in [-0.25, -0.2) is 0 Å². The van der Waals surface area contributed by atoms with Gasteiger partial charge in [0, 0.05) is 46.1 Å². The average molecular weight is 514 g/mol. The molecule has 3 aromatic rings. The van der Waals surface area contributed by atoms with E-state index in [0.29, 0.717) is 0 Å². The predicted molar refractivity (Wildman–Crippen MR) is 172 cm³/mol. The molecule has 198 valence electrons. The van der Waals surface area contributed by atoms with Crippen molar-refractivity contribution in [1.29, 1.82) is 0 Å². The molecule has 0 spiro atoms. The molecule has 0 heterocycles. The fraction of sp³-hybridized carbons (Fsp3) is 0.194. The molecule has 3 nitrogen and oxygen atoms in total. The lowest BCUT2D eigenvalue weighted by Gasteiger charge is -2.15. The number of rotatable bonds is 8. The largest absolute Gasteiger partial charge is 0.378 e. The van der Waals surface area contributed by atoms with Crippen molar-refractivity contribution in [3.05, 3.63) is 143 Å². The second-order valence-corrected chi connectivity index (χ2v) is 10.1. The van der Waals surface area contributed by atoms with Crippen molar-refractivity contribution in [3.8, 4) is 0 Å². The van der Waals surface area contributed by atoms with Crippen LogP contribution in [0, 0.1) is 6.92 Å². The van der Waals surface area contributed by atoms with E-state index in [2.05, 4.69) is 172 Å². The first-order chi connectivity index (χ1) is 18.9. The number of aryl methyl sites for hydroxylation is 1. The Balaban J connectivity index is 1.78. The summed E-state index contributed by atoms with van der Waals surface area (Å²) in [6, 6.07) is 26.3. The van der Waals surface area contributed by atoms with E-state index in [9.17, 15) is 0 Å². The Hall–Kier alpha value is -4.37. The number of anilines is 2. The van der Waals surface area contributed by atoms with Crippen LogP contribution in [0.1, 0.15) is 29.2 Å². The number of hydrogen-bond acceptors (Lipinski definition) is 3. The molecular formula is C36H39N3. The first kappa shape index (κ1) is 27.7. The van der Waals surface area contributed by atoms with Crippen molar-refractivity contribution < 1.29 is 0 Å². The van der Waals surface area contributed by atoms with Crippen LogP contribution in [0.4, 0.5) is 11.4 Å². The van der Waals surface area contributed by atoms with Gasteiger partial charge in [-0.3, -0.25) is 4.99 Å². The molecule has 3 heteroatoms. The topological polar surface area (TPSA) is 18.8 Å². The molecule has 0 N–H and O–H groups in total. The summed E-state index contributed by atoms with van der Waals surface area (Å²) in [4.78, 5) is 8.79. The van der Waals surface area contributed by atoms with Gasteiger partial charge in [-0.1, -0.05) is 84.5 Å². The van der Waals surface area contributed by atoms with Gasteiger partial charge < -0.3 is 9.80 Å². The maximum atomic E-state index is 4.54. The fourth-order valence-electron chi connectivity index (χ4n) is 4.50. The molecule has 0 aromatic heterocycles. The van der Waals surface area contributed by atoms with Gasteiger partial charge in [0.1, 0.15) is 0 Å². The van der Waals surface area contributed by atoms with Crippen LogP contribution in [0.25, 0.3) is 11.1 Å². The van der Waals surface area contributed by atoms with Crippen molar-refractivity contribution in [3.63, 3.8) is 0 Å². The Labute approximate surface area is 234 Å². The van der Waals surface area contributed by atoms with E-state index in [1.165, 1.54) is 50.3 Å². The zero-order chi connectivity index (χ0) is 27.8. The highest BCUT2D eigenvalue weighted by atomic mass is 15.1. The third kappa shape index (κ3) is 7.14. The van der Waals surface area contributed by atoms with E-state index in [-0.39, 0.29) is 0 Å². The van der Waals surface area contributed by atoms with Crippen molar-refractivity contribution >= 4 is 28.2 Å². The van der Waals surface area contributed by atoms with E-state index in [1.807, 2.05) is 0 Å². The first-order valence-corrected chi connectivity index (χ1v) is 13.5. The van der Waals surface area contributed by atoms with Crippen LogP contribution in [-0.4, -0.2) is 40.4 Å². The maximum Gasteiger partial charge on any atom is 0.0574 e. The molecule has 3 aromatic carbocycles. The molecule has 0 bridgehead atoms. The summed E-state index contributed by atoms with van der Waals surface area (Å²) in [5.74, 6) is 0. The molecule has 0 amide bonds. The lowest BCUT2D eigenvalue weighted by Crippen LogP contribution is -2.08. The van der Waals surface area contributed by atoms with Gasteiger partial charge >= 0.3 is 0 Å². The summed E-state index contributed by atoms with van der Waals surface area (Å²) >= 11 is 0. The predicted octanol–water partition coefficient (Wildman–Crippen LogP) is 8.16. The smallest absolute Gasteiger partial charge is 0.0574 e. The Morgan fingerprint density at radius 2 is 1.15 bits per heavy atom. The molecule has 39 heavy (non-hydrogen) atoms. The number of benzene rings is 3. The van der Waals surface area contributed by atoms with E-state index < -0.39 is 0 Å². The van der Waals surface area contributed by atoms with E-state index >= 15 is 0 Å². The van der Waals surface area contributed by atoms with Crippen LogP contribution in [0.15, 0.2) is 126 Å². The fourth-order valence-corrected chi connectivity index (χ4v) is 4.50. The Morgan fingerprint density at radius 3 is 1.64 bits per heavy atom. The zero-order valence-corrected chi connectivity index (χ0v) is 24.0. The first-order valence-electron chi connectivity index (χ1n) is 13.5. The number of aliphatic imine (C=N–C) groups is 1. The molecular weight excluding hydrogens is 474 g/mol. The summed E-state index contributed by atoms with van der Waals surface area (Å²) in [6.45, 7) is 4.97. The molecule has 0 saturated carbocycles. The molecule has 1 aliphatic rings. The maximum absolute atomic E-state index is 4.54. The molecule has 0 unspecified atom stereocenters. The van der Waals surface area contributed by atoms with Gasteiger partial charge in [0.25, 0.3) is 0 Å². The second-order valence-electron chi connectivity index (χ2n) is 10.1. The SMILES string of the molecule is CCN=C1C=CC(=C(C=CC=C(c2ccc(C)cc2)c2ccc(N(C)C)cc2)c2ccc(N(C)C)cc2)C=C1. The summed E-state index contributed by atoms with van der Waals surface area (Å²) in [6.07, 6.45) is 15.1. The Morgan fingerprint density at radius 1 is 0.667 bits per heavy atom. The lowest BCUT2D eigenvalue weighted by molar-refractivity contribution is 1.13.